The third kappa shape index (κ3) is 4.24. The third-order valence-corrected chi connectivity index (χ3v) is 4.68. The second kappa shape index (κ2) is 8.29. The zero-order chi connectivity index (χ0) is 23.0. The van der Waals surface area contributed by atoms with Gasteiger partial charge in [0, 0.05) is 29.7 Å². The molecule has 0 unspecified atom stereocenters. The zero-order valence-corrected chi connectivity index (χ0v) is 17.0. The fourth-order valence-corrected chi connectivity index (χ4v) is 3.14. The van der Waals surface area contributed by atoms with Gasteiger partial charge in [-0.15, -0.1) is 0 Å². The van der Waals surface area contributed by atoms with Gasteiger partial charge >= 0.3 is 0 Å². The molecule has 4 aromatic rings. The second-order valence-corrected chi connectivity index (χ2v) is 7.14. The summed E-state index contributed by atoms with van der Waals surface area (Å²) in [5, 5.41) is 15.0. The summed E-state index contributed by atoms with van der Waals surface area (Å²) >= 11 is 0. The molecule has 0 bridgehead atoms. The third-order valence-electron chi connectivity index (χ3n) is 4.68. The predicted octanol–water partition coefficient (Wildman–Crippen LogP) is 3.26. The first-order valence-corrected chi connectivity index (χ1v) is 9.41. The molecule has 0 aliphatic heterocycles. The Morgan fingerprint density at radius 3 is 2.53 bits per heavy atom. The molecule has 0 radical (unpaired) electrons. The van der Waals surface area contributed by atoms with Gasteiger partial charge in [0.2, 0.25) is 0 Å². The SMILES string of the molecule is Cc1cc(C)n(Cn2ccc(C(=O)Nc3cnn(Cc4c(F)cc(F)c(F)c4F)c3)n2)n1. The van der Waals surface area contributed by atoms with Crippen LogP contribution in [0.2, 0.25) is 0 Å². The standard InChI is InChI=1S/C20H17F4N7O/c1-11-5-12(2)31(27-11)10-29-4-3-17(28-29)20(32)26-13-7-25-30(8-13)9-14-15(21)6-16(22)19(24)18(14)23/h3-8H,9-10H2,1-2H3,(H,26,32). The second-order valence-electron chi connectivity index (χ2n) is 7.14. The summed E-state index contributed by atoms with van der Waals surface area (Å²) in [4.78, 5) is 12.5. The number of anilines is 1. The number of amides is 1. The van der Waals surface area contributed by atoms with Crippen molar-refractivity contribution in [1.82, 2.24) is 29.3 Å². The normalized spacial score (nSPS) is 11.2. The maximum Gasteiger partial charge on any atom is 0.276 e. The highest BCUT2D eigenvalue weighted by atomic mass is 19.2. The Hall–Kier alpha value is -3.96. The topological polar surface area (TPSA) is 82.6 Å². The molecule has 32 heavy (non-hydrogen) atoms. The average Bonchev–Trinajstić information content (AvgIpc) is 3.45. The number of nitrogens with zero attached hydrogens (tertiary/aromatic N) is 6. The molecule has 1 amide bonds. The van der Waals surface area contributed by atoms with Crippen LogP contribution in [-0.2, 0) is 13.2 Å². The first kappa shape index (κ1) is 21.3. The highest BCUT2D eigenvalue weighted by Gasteiger charge is 2.20. The van der Waals surface area contributed by atoms with Gasteiger partial charge in [0.05, 0.1) is 24.1 Å². The molecule has 4 rings (SSSR count). The van der Waals surface area contributed by atoms with Gasteiger partial charge in [-0.05, 0) is 26.0 Å². The summed E-state index contributed by atoms with van der Waals surface area (Å²) < 4.78 is 58.5. The fourth-order valence-electron chi connectivity index (χ4n) is 3.14. The van der Waals surface area contributed by atoms with E-state index in [9.17, 15) is 22.4 Å². The molecule has 0 saturated heterocycles. The van der Waals surface area contributed by atoms with E-state index in [1.807, 2.05) is 19.9 Å². The van der Waals surface area contributed by atoms with Crippen LogP contribution >= 0.6 is 0 Å². The van der Waals surface area contributed by atoms with Gasteiger partial charge < -0.3 is 5.32 Å². The summed E-state index contributed by atoms with van der Waals surface area (Å²) in [5.74, 6) is -6.78. The summed E-state index contributed by atoms with van der Waals surface area (Å²) in [7, 11) is 0. The highest BCUT2D eigenvalue weighted by Crippen LogP contribution is 2.20. The summed E-state index contributed by atoms with van der Waals surface area (Å²) in [5.41, 5.74) is 1.49. The van der Waals surface area contributed by atoms with Crippen molar-refractivity contribution in [2.24, 2.45) is 0 Å². The van der Waals surface area contributed by atoms with Crippen molar-refractivity contribution in [3.05, 3.63) is 82.7 Å². The van der Waals surface area contributed by atoms with E-state index in [4.69, 9.17) is 0 Å². The zero-order valence-electron chi connectivity index (χ0n) is 17.0. The number of carbonyl (C=O) groups excluding carboxylic acids is 1. The largest absolute Gasteiger partial charge is 0.318 e. The van der Waals surface area contributed by atoms with E-state index in [-0.39, 0.29) is 17.4 Å². The number of nitrogens with one attached hydrogen (secondary N) is 1. The van der Waals surface area contributed by atoms with Gasteiger partial charge in [-0.1, -0.05) is 0 Å². The van der Waals surface area contributed by atoms with E-state index in [0.29, 0.717) is 6.67 Å². The summed E-state index contributed by atoms with van der Waals surface area (Å²) in [6.07, 6.45) is 4.18. The number of aromatic nitrogens is 6. The number of benzene rings is 1. The van der Waals surface area contributed by atoms with Crippen molar-refractivity contribution in [2.75, 3.05) is 5.32 Å². The molecule has 1 N–H and O–H groups in total. The highest BCUT2D eigenvalue weighted by molar-refractivity contribution is 6.02. The molecule has 0 saturated carbocycles. The first-order chi connectivity index (χ1) is 15.2. The van der Waals surface area contributed by atoms with E-state index >= 15 is 0 Å². The average molecular weight is 447 g/mol. The van der Waals surface area contributed by atoms with Crippen molar-refractivity contribution in [2.45, 2.75) is 27.1 Å². The minimum atomic E-state index is -1.77. The molecule has 0 fully saturated rings. The summed E-state index contributed by atoms with van der Waals surface area (Å²) in [6, 6.07) is 3.71. The molecule has 0 spiro atoms. The molecule has 12 heteroatoms. The quantitative estimate of drug-likeness (QED) is 0.280. The van der Waals surface area contributed by atoms with E-state index in [1.165, 1.54) is 18.5 Å². The van der Waals surface area contributed by atoms with Crippen molar-refractivity contribution in [3.8, 4) is 0 Å². The number of aryl methyl sites for hydroxylation is 2. The minimum absolute atomic E-state index is 0.136. The minimum Gasteiger partial charge on any atom is -0.318 e. The number of halogens is 4. The maximum absolute atomic E-state index is 13.8. The Balaban J connectivity index is 1.43. The van der Waals surface area contributed by atoms with Crippen LogP contribution in [0.4, 0.5) is 23.2 Å². The van der Waals surface area contributed by atoms with E-state index in [1.54, 1.807) is 15.6 Å². The molecule has 3 heterocycles. The molecular weight excluding hydrogens is 430 g/mol. The van der Waals surface area contributed by atoms with Crippen LogP contribution in [-0.4, -0.2) is 35.2 Å². The smallest absolute Gasteiger partial charge is 0.276 e. The molecule has 0 atom stereocenters. The number of hydrogen-bond donors (Lipinski definition) is 1. The lowest BCUT2D eigenvalue weighted by molar-refractivity contribution is 0.102. The van der Waals surface area contributed by atoms with Crippen LogP contribution in [0.5, 0.6) is 0 Å². The lowest BCUT2D eigenvalue weighted by atomic mass is 10.2. The number of hydrogen-bond acceptors (Lipinski definition) is 4. The van der Waals surface area contributed by atoms with E-state index < -0.39 is 41.3 Å². The molecule has 0 aliphatic rings. The van der Waals surface area contributed by atoms with Crippen LogP contribution in [0.15, 0.2) is 36.8 Å². The van der Waals surface area contributed by atoms with Crippen molar-refractivity contribution < 1.29 is 22.4 Å². The first-order valence-electron chi connectivity index (χ1n) is 9.41. The molecule has 1 aromatic carbocycles. The number of rotatable bonds is 6. The van der Waals surface area contributed by atoms with Crippen LogP contribution < -0.4 is 5.32 Å². The lowest BCUT2D eigenvalue weighted by Crippen LogP contribution is -2.15. The molecule has 166 valence electrons. The van der Waals surface area contributed by atoms with E-state index in [0.717, 1.165) is 16.1 Å². The maximum atomic E-state index is 13.8. The fraction of sp³-hybridized carbons (Fsp3) is 0.200. The van der Waals surface area contributed by atoms with E-state index in [2.05, 4.69) is 20.6 Å². The van der Waals surface area contributed by atoms with Crippen LogP contribution in [0.3, 0.4) is 0 Å². The van der Waals surface area contributed by atoms with Gasteiger partial charge in [0.15, 0.2) is 23.1 Å². The molecular formula is C20H17F4N7O. The Morgan fingerprint density at radius 2 is 1.81 bits per heavy atom. The van der Waals surface area contributed by atoms with Gasteiger partial charge in [-0.25, -0.2) is 22.2 Å². The van der Waals surface area contributed by atoms with Gasteiger partial charge in [-0.3, -0.25) is 14.2 Å². The Labute approximate surface area is 179 Å². The lowest BCUT2D eigenvalue weighted by Gasteiger charge is -2.07. The molecule has 0 aliphatic carbocycles. The van der Waals surface area contributed by atoms with Crippen LogP contribution in [0, 0.1) is 37.1 Å². The van der Waals surface area contributed by atoms with Gasteiger partial charge in [0.25, 0.3) is 5.91 Å². The number of carbonyl (C=O) groups is 1. The molecule has 8 nitrogen and oxygen atoms in total. The Kier molecular flexibility index (Phi) is 5.51. The van der Waals surface area contributed by atoms with Crippen molar-refractivity contribution >= 4 is 11.6 Å². The van der Waals surface area contributed by atoms with Crippen molar-refractivity contribution in [1.29, 1.82) is 0 Å². The van der Waals surface area contributed by atoms with Gasteiger partial charge in [0.1, 0.15) is 12.5 Å². The van der Waals surface area contributed by atoms with Crippen LogP contribution in [0.25, 0.3) is 0 Å². The monoisotopic (exact) mass is 447 g/mol. The Morgan fingerprint density at radius 1 is 1.03 bits per heavy atom. The Bertz CT molecular complexity index is 1310. The van der Waals surface area contributed by atoms with Crippen LogP contribution in [0.1, 0.15) is 27.4 Å². The van der Waals surface area contributed by atoms with Gasteiger partial charge in [-0.2, -0.15) is 15.3 Å². The predicted molar refractivity (Wildman–Crippen MR) is 105 cm³/mol. The van der Waals surface area contributed by atoms with Crippen molar-refractivity contribution in [3.63, 3.8) is 0 Å². The summed E-state index contributed by atoms with van der Waals surface area (Å²) in [6.45, 7) is 3.62. The molecule has 3 aromatic heterocycles.